The van der Waals surface area contributed by atoms with Gasteiger partial charge in [0, 0.05) is 24.2 Å². The van der Waals surface area contributed by atoms with Crippen molar-refractivity contribution < 1.29 is 23.8 Å². The number of halogens is 1. The van der Waals surface area contributed by atoms with Crippen LogP contribution in [-0.4, -0.2) is 22.9 Å². The topological polar surface area (TPSA) is 63.6 Å². The molecule has 0 saturated heterocycles. The summed E-state index contributed by atoms with van der Waals surface area (Å²) in [5.41, 5.74) is 0.706. The number of rotatable bonds is 5. The summed E-state index contributed by atoms with van der Waals surface area (Å²) >= 11 is 1.44. The molecule has 0 unspecified atom stereocenters. The van der Waals surface area contributed by atoms with Crippen molar-refractivity contribution in [1.29, 1.82) is 0 Å². The minimum absolute atomic E-state index is 0.0675. The van der Waals surface area contributed by atoms with E-state index < -0.39 is 5.82 Å². The van der Waals surface area contributed by atoms with Gasteiger partial charge in [0.25, 0.3) is 0 Å². The number of hydrogen-bond donors (Lipinski definition) is 1. The summed E-state index contributed by atoms with van der Waals surface area (Å²) in [6, 6.07) is 11.8. The Morgan fingerprint density at radius 1 is 1.18 bits per heavy atom. The van der Waals surface area contributed by atoms with E-state index in [1.54, 1.807) is 37.3 Å². The standard InChI is InChI=1S/C22H21FO4S/c1-3-18(24)22-19(25)10-14(11-20(22)26)13-5-4-6-15(9-13)27-21-8-7-16(28-2)12-17(21)23/h4-9,12,14,24H,3,10-11H2,1-2H3. The van der Waals surface area contributed by atoms with Crippen molar-refractivity contribution in [2.24, 2.45) is 0 Å². The highest BCUT2D eigenvalue weighted by molar-refractivity contribution is 7.98. The van der Waals surface area contributed by atoms with Gasteiger partial charge in [0.15, 0.2) is 23.1 Å². The van der Waals surface area contributed by atoms with Gasteiger partial charge in [0.1, 0.15) is 11.5 Å². The summed E-state index contributed by atoms with van der Waals surface area (Å²) in [6.45, 7) is 1.70. The van der Waals surface area contributed by atoms with Crippen LogP contribution in [0.25, 0.3) is 0 Å². The number of Topliss-reactive ketones (excluding diaryl/α,β-unsaturated/α-hetero) is 2. The molecule has 0 amide bonds. The number of carbonyl (C=O) groups is 2. The lowest BCUT2D eigenvalue weighted by atomic mass is 9.79. The Morgan fingerprint density at radius 3 is 2.50 bits per heavy atom. The molecule has 0 heterocycles. The molecule has 1 N–H and O–H groups in total. The van der Waals surface area contributed by atoms with E-state index in [0.717, 1.165) is 10.5 Å². The van der Waals surface area contributed by atoms with E-state index in [9.17, 15) is 19.1 Å². The molecule has 146 valence electrons. The summed E-state index contributed by atoms with van der Waals surface area (Å²) in [5.74, 6) is -1.02. The predicted molar refractivity (Wildman–Crippen MR) is 107 cm³/mol. The Hall–Kier alpha value is -2.60. The van der Waals surface area contributed by atoms with E-state index >= 15 is 0 Å². The molecule has 0 atom stereocenters. The van der Waals surface area contributed by atoms with Gasteiger partial charge >= 0.3 is 0 Å². The van der Waals surface area contributed by atoms with Crippen LogP contribution in [0, 0.1) is 5.82 Å². The number of benzene rings is 2. The van der Waals surface area contributed by atoms with Crippen molar-refractivity contribution in [3.05, 3.63) is 65.2 Å². The molecular formula is C22H21FO4S. The molecule has 2 aromatic carbocycles. The number of ether oxygens (including phenoxy) is 1. The Morgan fingerprint density at radius 2 is 1.89 bits per heavy atom. The van der Waals surface area contributed by atoms with Crippen molar-refractivity contribution in [2.75, 3.05) is 6.26 Å². The van der Waals surface area contributed by atoms with Gasteiger partial charge in [-0.25, -0.2) is 4.39 Å². The van der Waals surface area contributed by atoms with Gasteiger partial charge in [-0.3, -0.25) is 9.59 Å². The quantitative estimate of drug-likeness (QED) is 0.307. The third-order valence-corrected chi connectivity index (χ3v) is 5.47. The third-order valence-electron chi connectivity index (χ3n) is 4.74. The molecule has 0 aliphatic heterocycles. The van der Waals surface area contributed by atoms with Gasteiger partial charge in [-0.05, 0) is 48.1 Å². The molecule has 1 aliphatic rings. The molecule has 3 rings (SSSR count). The van der Waals surface area contributed by atoms with Crippen LogP contribution < -0.4 is 4.74 Å². The van der Waals surface area contributed by atoms with Crippen molar-refractivity contribution >= 4 is 23.3 Å². The normalized spacial score (nSPS) is 17.0. The van der Waals surface area contributed by atoms with Crippen molar-refractivity contribution in [3.63, 3.8) is 0 Å². The zero-order valence-corrected chi connectivity index (χ0v) is 16.5. The van der Waals surface area contributed by atoms with E-state index in [2.05, 4.69) is 0 Å². The first kappa shape index (κ1) is 20.1. The van der Waals surface area contributed by atoms with E-state index in [-0.39, 0.29) is 53.8 Å². The molecule has 28 heavy (non-hydrogen) atoms. The lowest BCUT2D eigenvalue weighted by Crippen LogP contribution is -2.26. The van der Waals surface area contributed by atoms with Gasteiger partial charge in [-0.1, -0.05) is 19.1 Å². The Kier molecular flexibility index (Phi) is 6.19. The number of aliphatic hydroxyl groups is 1. The third kappa shape index (κ3) is 4.28. The van der Waals surface area contributed by atoms with E-state index in [1.165, 1.54) is 17.8 Å². The maximum atomic E-state index is 14.2. The Labute approximate surface area is 167 Å². The summed E-state index contributed by atoms with van der Waals surface area (Å²) in [7, 11) is 0. The fraction of sp³-hybridized carbons (Fsp3) is 0.273. The highest BCUT2D eigenvalue weighted by Crippen LogP contribution is 2.35. The lowest BCUT2D eigenvalue weighted by molar-refractivity contribution is -0.124. The number of carbonyl (C=O) groups excluding carboxylic acids is 2. The van der Waals surface area contributed by atoms with Crippen LogP contribution in [0.3, 0.4) is 0 Å². The maximum absolute atomic E-state index is 14.2. The molecule has 1 saturated carbocycles. The summed E-state index contributed by atoms with van der Waals surface area (Å²) in [6.07, 6.45) is 2.41. The van der Waals surface area contributed by atoms with Gasteiger partial charge in [-0.2, -0.15) is 0 Å². The minimum atomic E-state index is -0.454. The number of hydrogen-bond acceptors (Lipinski definition) is 5. The van der Waals surface area contributed by atoms with Crippen LogP contribution in [0.5, 0.6) is 11.5 Å². The second-order valence-electron chi connectivity index (χ2n) is 6.60. The lowest BCUT2D eigenvalue weighted by Gasteiger charge is -2.23. The smallest absolute Gasteiger partial charge is 0.170 e. The zero-order chi connectivity index (χ0) is 20.3. The predicted octanol–water partition coefficient (Wildman–Crippen LogP) is 5.58. The van der Waals surface area contributed by atoms with Crippen LogP contribution in [0.1, 0.15) is 37.7 Å². The zero-order valence-electron chi connectivity index (χ0n) is 15.7. The molecule has 0 spiro atoms. The summed E-state index contributed by atoms with van der Waals surface area (Å²) < 4.78 is 19.8. The molecule has 0 bridgehead atoms. The largest absolute Gasteiger partial charge is 0.511 e. The molecule has 1 aliphatic carbocycles. The van der Waals surface area contributed by atoms with E-state index in [1.807, 2.05) is 12.3 Å². The fourth-order valence-electron chi connectivity index (χ4n) is 3.26. The molecule has 4 nitrogen and oxygen atoms in total. The van der Waals surface area contributed by atoms with Crippen molar-refractivity contribution in [2.45, 2.75) is 37.0 Å². The first-order valence-electron chi connectivity index (χ1n) is 9.02. The van der Waals surface area contributed by atoms with Crippen LogP contribution in [0.15, 0.2) is 58.7 Å². The monoisotopic (exact) mass is 400 g/mol. The van der Waals surface area contributed by atoms with Gasteiger partial charge < -0.3 is 9.84 Å². The summed E-state index contributed by atoms with van der Waals surface area (Å²) in [4.78, 5) is 25.5. The van der Waals surface area contributed by atoms with Gasteiger partial charge in [-0.15, -0.1) is 11.8 Å². The molecule has 0 aromatic heterocycles. The van der Waals surface area contributed by atoms with E-state index in [4.69, 9.17) is 4.74 Å². The summed E-state index contributed by atoms with van der Waals surface area (Å²) in [5, 5.41) is 9.83. The average Bonchev–Trinajstić information content (AvgIpc) is 2.69. The Bertz CT molecular complexity index is 931. The van der Waals surface area contributed by atoms with Crippen molar-refractivity contribution in [1.82, 2.24) is 0 Å². The van der Waals surface area contributed by atoms with Crippen LogP contribution in [-0.2, 0) is 9.59 Å². The van der Waals surface area contributed by atoms with Gasteiger partial charge in [0.05, 0.1) is 5.57 Å². The second kappa shape index (κ2) is 8.61. The number of aliphatic hydroxyl groups excluding tert-OH is 1. The number of ketones is 2. The van der Waals surface area contributed by atoms with Gasteiger partial charge in [0.2, 0.25) is 0 Å². The molecule has 6 heteroatoms. The minimum Gasteiger partial charge on any atom is -0.511 e. The molecule has 2 aromatic rings. The van der Waals surface area contributed by atoms with Crippen LogP contribution in [0.4, 0.5) is 4.39 Å². The molecular weight excluding hydrogens is 379 g/mol. The highest BCUT2D eigenvalue weighted by atomic mass is 32.2. The number of allylic oxidation sites excluding steroid dienone is 2. The highest BCUT2D eigenvalue weighted by Gasteiger charge is 2.33. The average molecular weight is 400 g/mol. The van der Waals surface area contributed by atoms with Crippen LogP contribution >= 0.6 is 11.8 Å². The Balaban J connectivity index is 1.81. The second-order valence-corrected chi connectivity index (χ2v) is 7.48. The van der Waals surface area contributed by atoms with Crippen molar-refractivity contribution in [3.8, 4) is 11.5 Å². The number of thioether (sulfide) groups is 1. The maximum Gasteiger partial charge on any atom is 0.170 e. The molecule has 1 fully saturated rings. The van der Waals surface area contributed by atoms with E-state index in [0.29, 0.717) is 5.75 Å². The molecule has 0 radical (unpaired) electrons. The first-order chi connectivity index (χ1) is 13.4. The SMILES string of the molecule is CCC(O)=C1C(=O)CC(c2cccc(Oc3ccc(SC)cc3F)c2)CC1=O. The van der Waals surface area contributed by atoms with Crippen LogP contribution in [0.2, 0.25) is 0 Å². The first-order valence-corrected chi connectivity index (χ1v) is 10.2. The fourth-order valence-corrected chi connectivity index (χ4v) is 3.69.